The molecule has 2 bridgehead atoms. The molecule has 0 radical (unpaired) electrons. The van der Waals surface area contributed by atoms with Crippen molar-refractivity contribution >= 4 is 6.09 Å². The van der Waals surface area contributed by atoms with Crippen LogP contribution in [0.15, 0.2) is 29.8 Å². The number of amides is 1. The Labute approximate surface area is 172 Å². The van der Waals surface area contributed by atoms with E-state index in [-0.39, 0.29) is 42.3 Å². The van der Waals surface area contributed by atoms with E-state index >= 15 is 0 Å². The molecule has 0 unspecified atom stereocenters. The average molecular weight is 402 g/mol. The van der Waals surface area contributed by atoms with Crippen LogP contribution >= 0.6 is 0 Å². The van der Waals surface area contributed by atoms with Gasteiger partial charge in [-0.3, -0.25) is 0 Å². The van der Waals surface area contributed by atoms with Gasteiger partial charge in [-0.15, -0.1) is 0 Å². The van der Waals surface area contributed by atoms with Crippen LogP contribution in [-0.2, 0) is 9.47 Å². The van der Waals surface area contributed by atoms with Crippen molar-refractivity contribution in [2.45, 2.75) is 46.8 Å². The molecule has 6 nitrogen and oxygen atoms in total. The molecule has 0 spiro atoms. The third kappa shape index (κ3) is 3.48. The maximum atomic E-state index is 12.1. The number of carbonyl (C=O) groups is 1. The van der Waals surface area contributed by atoms with Gasteiger partial charge in [0.1, 0.15) is 6.61 Å². The van der Waals surface area contributed by atoms with Crippen LogP contribution in [0, 0.1) is 23.2 Å². The predicted molar refractivity (Wildman–Crippen MR) is 109 cm³/mol. The zero-order valence-corrected chi connectivity index (χ0v) is 17.9. The Bertz CT molecular complexity index is 819. The van der Waals surface area contributed by atoms with Gasteiger partial charge in [0.05, 0.1) is 12.7 Å². The summed E-state index contributed by atoms with van der Waals surface area (Å²) in [6, 6.07) is 6.10. The van der Waals surface area contributed by atoms with Gasteiger partial charge in [-0.05, 0) is 50.3 Å². The first-order valence-corrected chi connectivity index (χ1v) is 10.4. The van der Waals surface area contributed by atoms with Gasteiger partial charge in [0.2, 0.25) is 6.79 Å². The monoisotopic (exact) mass is 401 g/mol. The van der Waals surface area contributed by atoms with Crippen molar-refractivity contribution in [1.82, 2.24) is 5.32 Å². The number of hydrogen-bond donors (Lipinski definition) is 1. The summed E-state index contributed by atoms with van der Waals surface area (Å²) in [6.07, 6.45) is 1.91. The van der Waals surface area contributed by atoms with Crippen LogP contribution in [0.2, 0.25) is 0 Å². The van der Waals surface area contributed by atoms with Crippen LogP contribution in [-0.4, -0.2) is 32.1 Å². The zero-order chi connectivity index (χ0) is 20.8. The number of nitrogens with one attached hydrogen (secondary N) is 1. The quantitative estimate of drug-likeness (QED) is 0.755. The van der Waals surface area contributed by atoms with Crippen molar-refractivity contribution in [2.24, 2.45) is 23.2 Å². The Morgan fingerprint density at radius 1 is 1.28 bits per heavy atom. The third-order valence-corrected chi connectivity index (χ3v) is 6.85. The summed E-state index contributed by atoms with van der Waals surface area (Å²) >= 11 is 0. The second-order valence-electron chi connectivity index (χ2n) is 8.97. The standard InChI is InChI=1S/C23H31NO5/c1-13(2)24-22(25)27-11-23-10-26-21(20(16(23)5)14(3)8-15(23)4)17-6-7-18-19(9-17)29-12-28-18/h6-9,13,15-16,20-21H,10-12H2,1-5H3,(H,24,25)/t15-,16+,20-,21-,23+/m0/s1. The molecule has 2 aliphatic heterocycles. The van der Waals surface area contributed by atoms with Crippen LogP contribution in [0.1, 0.15) is 46.3 Å². The van der Waals surface area contributed by atoms with Gasteiger partial charge < -0.3 is 24.3 Å². The van der Waals surface area contributed by atoms with Crippen molar-refractivity contribution < 1.29 is 23.7 Å². The minimum Gasteiger partial charge on any atom is -0.454 e. The summed E-state index contributed by atoms with van der Waals surface area (Å²) < 4.78 is 23.1. The third-order valence-electron chi connectivity index (χ3n) is 6.85. The molecule has 1 amide bonds. The normalized spacial score (nSPS) is 32.7. The SMILES string of the molecule is CC1=C[C@H](C)[C@]2(COC(=O)NC(C)C)CO[C@@H](c3ccc4c(c3)OCO4)[C@@H]1[C@H]2C. The van der Waals surface area contributed by atoms with E-state index in [9.17, 15) is 4.79 Å². The van der Waals surface area contributed by atoms with Gasteiger partial charge in [-0.2, -0.15) is 0 Å². The molecule has 4 rings (SSSR count). The second-order valence-corrected chi connectivity index (χ2v) is 8.97. The fraction of sp³-hybridized carbons (Fsp3) is 0.609. The molecule has 29 heavy (non-hydrogen) atoms. The van der Waals surface area contributed by atoms with E-state index in [1.807, 2.05) is 26.0 Å². The molecular weight excluding hydrogens is 370 g/mol. The van der Waals surface area contributed by atoms with Crippen molar-refractivity contribution in [3.05, 3.63) is 35.4 Å². The molecule has 0 aromatic heterocycles. The van der Waals surface area contributed by atoms with Gasteiger partial charge in [-0.25, -0.2) is 4.79 Å². The highest BCUT2D eigenvalue weighted by atomic mass is 16.7. The van der Waals surface area contributed by atoms with Crippen molar-refractivity contribution in [3.8, 4) is 11.5 Å². The lowest BCUT2D eigenvalue weighted by molar-refractivity contribution is -0.165. The summed E-state index contributed by atoms with van der Waals surface area (Å²) in [4.78, 5) is 12.1. The van der Waals surface area contributed by atoms with Crippen LogP contribution in [0.25, 0.3) is 0 Å². The fourth-order valence-electron chi connectivity index (χ4n) is 5.13. The van der Waals surface area contributed by atoms with Gasteiger partial charge in [-0.1, -0.05) is 31.6 Å². The maximum Gasteiger partial charge on any atom is 0.407 e. The summed E-state index contributed by atoms with van der Waals surface area (Å²) in [6.45, 7) is 11.7. The smallest absolute Gasteiger partial charge is 0.407 e. The molecule has 1 fully saturated rings. The molecule has 0 saturated carbocycles. The van der Waals surface area contributed by atoms with Gasteiger partial charge in [0, 0.05) is 17.4 Å². The summed E-state index contributed by atoms with van der Waals surface area (Å²) in [5.41, 5.74) is 2.20. The zero-order valence-electron chi connectivity index (χ0n) is 17.9. The van der Waals surface area contributed by atoms with Crippen molar-refractivity contribution in [3.63, 3.8) is 0 Å². The fourth-order valence-corrected chi connectivity index (χ4v) is 5.13. The number of ether oxygens (including phenoxy) is 4. The number of carbonyl (C=O) groups excluding carboxylic acids is 1. The molecule has 6 heteroatoms. The van der Waals surface area contributed by atoms with Crippen molar-refractivity contribution in [2.75, 3.05) is 20.0 Å². The van der Waals surface area contributed by atoms with Crippen LogP contribution in [0.5, 0.6) is 11.5 Å². The number of fused-ring (bicyclic) bond motifs is 3. The Morgan fingerprint density at radius 3 is 2.79 bits per heavy atom. The lowest BCUT2D eigenvalue weighted by Crippen LogP contribution is -2.55. The Morgan fingerprint density at radius 2 is 2.03 bits per heavy atom. The molecule has 5 atom stereocenters. The molecule has 158 valence electrons. The summed E-state index contributed by atoms with van der Waals surface area (Å²) in [5.74, 6) is 2.34. The second kappa shape index (κ2) is 7.56. The Hall–Kier alpha value is -2.21. The molecule has 1 aliphatic carbocycles. The van der Waals surface area contributed by atoms with Crippen LogP contribution in [0.3, 0.4) is 0 Å². The highest BCUT2D eigenvalue weighted by Crippen LogP contribution is 2.56. The number of benzene rings is 1. The van der Waals surface area contributed by atoms with Crippen LogP contribution in [0.4, 0.5) is 4.79 Å². The van der Waals surface area contributed by atoms with E-state index in [1.165, 1.54) is 5.57 Å². The predicted octanol–water partition coefficient (Wildman–Crippen LogP) is 4.46. The van der Waals surface area contributed by atoms with Gasteiger partial charge in [0.25, 0.3) is 0 Å². The topological polar surface area (TPSA) is 66.0 Å². The van der Waals surface area contributed by atoms with E-state index in [4.69, 9.17) is 18.9 Å². The molecular formula is C23H31NO5. The first-order valence-electron chi connectivity index (χ1n) is 10.4. The molecule has 1 N–H and O–H groups in total. The Balaban J connectivity index is 1.58. The molecule has 3 aliphatic rings. The number of rotatable bonds is 4. The number of allylic oxidation sites excluding steroid dienone is 1. The molecule has 1 saturated heterocycles. The van der Waals surface area contributed by atoms with Crippen LogP contribution < -0.4 is 14.8 Å². The minimum atomic E-state index is -0.366. The first-order chi connectivity index (χ1) is 13.8. The lowest BCUT2D eigenvalue weighted by Gasteiger charge is -2.55. The number of alkyl carbamates (subject to hydrolysis) is 1. The summed E-state index contributed by atoms with van der Waals surface area (Å²) in [5, 5.41) is 2.81. The number of hydrogen-bond acceptors (Lipinski definition) is 5. The molecule has 1 aromatic rings. The highest BCUT2D eigenvalue weighted by Gasteiger charge is 2.54. The lowest BCUT2D eigenvalue weighted by atomic mass is 9.56. The average Bonchev–Trinajstić information content (AvgIpc) is 3.12. The molecule has 1 aromatic carbocycles. The van der Waals surface area contributed by atoms with E-state index in [1.54, 1.807) is 0 Å². The van der Waals surface area contributed by atoms with E-state index in [2.05, 4.69) is 38.2 Å². The molecule has 2 heterocycles. The Kier molecular flexibility index (Phi) is 5.23. The highest BCUT2D eigenvalue weighted by molar-refractivity contribution is 5.67. The summed E-state index contributed by atoms with van der Waals surface area (Å²) in [7, 11) is 0. The first kappa shape index (κ1) is 20.1. The van der Waals surface area contributed by atoms with E-state index < -0.39 is 0 Å². The maximum absolute atomic E-state index is 12.1. The van der Waals surface area contributed by atoms with Gasteiger partial charge in [0.15, 0.2) is 11.5 Å². The van der Waals surface area contributed by atoms with Gasteiger partial charge >= 0.3 is 6.09 Å². The van der Waals surface area contributed by atoms with Crippen molar-refractivity contribution in [1.29, 1.82) is 0 Å². The largest absolute Gasteiger partial charge is 0.454 e. The minimum absolute atomic E-state index is 0.0501. The van der Waals surface area contributed by atoms with E-state index in [0.29, 0.717) is 19.1 Å². The van der Waals surface area contributed by atoms with E-state index in [0.717, 1.165) is 17.1 Å².